The molecule has 1 heterocycles. The van der Waals surface area contributed by atoms with Crippen LogP contribution >= 0.6 is 27.5 Å². The number of rotatable bonds is 1. The number of hydrogen-bond acceptors (Lipinski definition) is 2. The first-order valence-electron chi connectivity index (χ1n) is 3.47. The molecule has 0 aliphatic carbocycles. The van der Waals surface area contributed by atoms with Gasteiger partial charge in [0.05, 0.1) is 10.5 Å². The molecule has 0 radical (unpaired) electrons. The predicted octanol–water partition coefficient (Wildman–Crippen LogP) is 2.24. The second-order valence-electron chi connectivity index (χ2n) is 2.66. The molecular formula is C7H8BrClN2O. The lowest BCUT2D eigenvalue weighted by molar-refractivity contribution is 0.501. The van der Waals surface area contributed by atoms with E-state index in [0.29, 0.717) is 9.63 Å². The summed E-state index contributed by atoms with van der Waals surface area (Å²) in [4.78, 5) is 11.4. The first-order valence-corrected chi connectivity index (χ1v) is 4.64. The van der Waals surface area contributed by atoms with E-state index in [9.17, 15) is 4.79 Å². The number of hydrogen-bond donors (Lipinski definition) is 0. The summed E-state index contributed by atoms with van der Waals surface area (Å²) < 4.78 is 1.78. The van der Waals surface area contributed by atoms with Gasteiger partial charge < -0.3 is 0 Å². The highest BCUT2D eigenvalue weighted by Crippen LogP contribution is 2.10. The van der Waals surface area contributed by atoms with Crippen molar-refractivity contribution in [2.75, 3.05) is 0 Å². The maximum Gasteiger partial charge on any atom is 0.281 e. The van der Waals surface area contributed by atoms with E-state index in [4.69, 9.17) is 11.6 Å². The van der Waals surface area contributed by atoms with Gasteiger partial charge in [-0.2, -0.15) is 5.10 Å². The van der Waals surface area contributed by atoms with Gasteiger partial charge in [0.1, 0.15) is 0 Å². The van der Waals surface area contributed by atoms with Gasteiger partial charge in [-0.25, -0.2) is 4.68 Å². The van der Waals surface area contributed by atoms with Crippen LogP contribution in [-0.4, -0.2) is 9.78 Å². The van der Waals surface area contributed by atoms with Gasteiger partial charge in [-0.05, 0) is 35.8 Å². The molecule has 0 fully saturated rings. The van der Waals surface area contributed by atoms with E-state index in [1.807, 2.05) is 13.8 Å². The third kappa shape index (κ3) is 1.87. The van der Waals surface area contributed by atoms with Crippen LogP contribution in [0, 0.1) is 0 Å². The summed E-state index contributed by atoms with van der Waals surface area (Å²) in [7, 11) is 0. The van der Waals surface area contributed by atoms with Crippen molar-refractivity contribution < 1.29 is 0 Å². The van der Waals surface area contributed by atoms with Gasteiger partial charge in [-0.1, -0.05) is 11.6 Å². The lowest BCUT2D eigenvalue weighted by atomic mass is 10.4. The van der Waals surface area contributed by atoms with Crippen molar-refractivity contribution in [2.45, 2.75) is 19.9 Å². The normalized spacial score (nSPS) is 10.8. The highest BCUT2D eigenvalue weighted by atomic mass is 79.9. The van der Waals surface area contributed by atoms with Gasteiger partial charge in [0.15, 0.2) is 5.15 Å². The molecule has 0 unspecified atom stereocenters. The van der Waals surface area contributed by atoms with Crippen LogP contribution in [0.15, 0.2) is 15.3 Å². The van der Waals surface area contributed by atoms with Crippen molar-refractivity contribution in [2.24, 2.45) is 0 Å². The van der Waals surface area contributed by atoms with E-state index in [1.165, 1.54) is 10.7 Å². The molecule has 1 aromatic rings. The third-order valence-electron chi connectivity index (χ3n) is 1.35. The van der Waals surface area contributed by atoms with Gasteiger partial charge in [-0.3, -0.25) is 4.79 Å². The van der Waals surface area contributed by atoms with E-state index >= 15 is 0 Å². The average molecular weight is 252 g/mol. The highest BCUT2D eigenvalue weighted by Gasteiger charge is 2.06. The van der Waals surface area contributed by atoms with Crippen LogP contribution in [-0.2, 0) is 0 Å². The summed E-state index contributed by atoms with van der Waals surface area (Å²) >= 11 is 8.77. The maximum absolute atomic E-state index is 11.4. The molecule has 1 rings (SSSR count). The molecule has 0 bridgehead atoms. The maximum atomic E-state index is 11.4. The molecule has 12 heavy (non-hydrogen) atoms. The molecule has 0 aliphatic heterocycles. The first kappa shape index (κ1) is 9.74. The van der Waals surface area contributed by atoms with E-state index in [0.717, 1.165) is 0 Å². The van der Waals surface area contributed by atoms with E-state index in [2.05, 4.69) is 21.0 Å². The van der Waals surface area contributed by atoms with Gasteiger partial charge >= 0.3 is 0 Å². The average Bonchev–Trinajstić information content (AvgIpc) is 1.96. The fraction of sp³-hybridized carbons (Fsp3) is 0.429. The Labute approximate surface area is 83.5 Å². The molecule has 0 aromatic carbocycles. The Balaban J connectivity index is 3.38. The van der Waals surface area contributed by atoms with Crippen molar-refractivity contribution in [3.63, 3.8) is 0 Å². The summed E-state index contributed by atoms with van der Waals surface area (Å²) in [6.07, 6.45) is 0. The molecule has 0 amide bonds. The first-order chi connectivity index (χ1) is 5.52. The van der Waals surface area contributed by atoms with Crippen molar-refractivity contribution >= 4 is 27.5 Å². The zero-order valence-electron chi connectivity index (χ0n) is 6.71. The van der Waals surface area contributed by atoms with Crippen molar-refractivity contribution in [1.29, 1.82) is 0 Å². The largest absolute Gasteiger partial charge is 0.281 e. The second-order valence-corrected chi connectivity index (χ2v) is 3.90. The topological polar surface area (TPSA) is 34.9 Å². The van der Waals surface area contributed by atoms with E-state index < -0.39 is 0 Å². The zero-order chi connectivity index (χ0) is 9.30. The SMILES string of the molecule is CC(C)n1nc(Cl)cc(Br)c1=O. The minimum absolute atomic E-state index is 0.0208. The Kier molecular flexibility index (Phi) is 2.90. The minimum Gasteiger partial charge on any atom is -0.266 e. The standard InChI is InChI=1S/C7H8BrClN2O/c1-4(2)11-7(12)5(8)3-6(9)10-11/h3-4H,1-2H3. The molecule has 0 atom stereocenters. The van der Waals surface area contributed by atoms with Crippen LogP contribution in [0.2, 0.25) is 5.15 Å². The number of halogens is 2. The van der Waals surface area contributed by atoms with Gasteiger partial charge in [-0.15, -0.1) is 0 Å². The lowest BCUT2D eigenvalue weighted by Gasteiger charge is -2.07. The van der Waals surface area contributed by atoms with Crippen LogP contribution in [0.1, 0.15) is 19.9 Å². The fourth-order valence-corrected chi connectivity index (χ4v) is 1.52. The lowest BCUT2D eigenvalue weighted by Crippen LogP contribution is -2.25. The minimum atomic E-state index is -0.158. The second kappa shape index (κ2) is 3.58. The van der Waals surface area contributed by atoms with Crippen molar-refractivity contribution in [1.82, 2.24) is 9.78 Å². The molecule has 0 saturated heterocycles. The Hall–Kier alpha value is -0.350. The third-order valence-corrected chi connectivity index (χ3v) is 2.10. The van der Waals surface area contributed by atoms with E-state index in [-0.39, 0.29) is 11.6 Å². The van der Waals surface area contributed by atoms with Crippen LogP contribution in [0.5, 0.6) is 0 Å². The summed E-state index contributed by atoms with van der Waals surface area (Å²) in [5, 5.41) is 4.19. The van der Waals surface area contributed by atoms with Crippen LogP contribution in [0.25, 0.3) is 0 Å². The van der Waals surface area contributed by atoms with Gasteiger partial charge in [0, 0.05) is 0 Å². The number of aromatic nitrogens is 2. The Morgan fingerprint density at radius 3 is 2.75 bits per heavy atom. The molecule has 1 aromatic heterocycles. The monoisotopic (exact) mass is 250 g/mol. The molecule has 0 aliphatic rings. The smallest absolute Gasteiger partial charge is 0.266 e. The van der Waals surface area contributed by atoms with Crippen molar-refractivity contribution in [3.8, 4) is 0 Å². The van der Waals surface area contributed by atoms with E-state index in [1.54, 1.807) is 0 Å². The summed E-state index contributed by atoms with van der Waals surface area (Å²) in [5.41, 5.74) is -0.158. The molecule has 0 saturated carbocycles. The van der Waals surface area contributed by atoms with Crippen LogP contribution < -0.4 is 5.56 Å². The fourth-order valence-electron chi connectivity index (χ4n) is 0.803. The summed E-state index contributed by atoms with van der Waals surface area (Å²) in [5.74, 6) is 0. The van der Waals surface area contributed by atoms with Crippen LogP contribution in [0.3, 0.4) is 0 Å². The molecule has 66 valence electrons. The summed E-state index contributed by atoms with van der Waals surface area (Å²) in [6.45, 7) is 3.74. The molecule has 3 nitrogen and oxygen atoms in total. The zero-order valence-corrected chi connectivity index (χ0v) is 9.06. The summed E-state index contributed by atoms with van der Waals surface area (Å²) in [6, 6.07) is 1.51. The molecule has 0 spiro atoms. The molecular weight excluding hydrogens is 243 g/mol. The number of nitrogens with zero attached hydrogens (tertiary/aromatic N) is 2. The highest BCUT2D eigenvalue weighted by molar-refractivity contribution is 9.10. The predicted molar refractivity (Wildman–Crippen MR) is 51.6 cm³/mol. The van der Waals surface area contributed by atoms with Gasteiger partial charge in [0.25, 0.3) is 5.56 Å². The van der Waals surface area contributed by atoms with Crippen LogP contribution in [0.4, 0.5) is 0 Å². The van der Waals surface area contributed by atoms with Crippen molar-refractivity contribution in [3.05, 3.63) is 26.0 Å². The molecule has 5 heteroatoms. The van der Waals surface area contributed by atoms with Gasteiger partial charge in [0.2, 0.25) is 0 Å². The quantitative estimate of drug-likeness (QED) is 0.767. The Morgan fingerprint density at radius 2 is 2.25 bits per heavy atom. The molecule has 0 N–H and O–H groups in total. The Morgan fingerprint density at radius 1 is 1.67 bits per heavy atom. The Bertz CT molecular complexity index is 348.